The molecule has 5 nitrogen and oxygen atoms in total. The molecule has 0 heterocycles. The summed E-state index contributed by atoms with van der Waals surface area (Å²) in [5.74, 6) is -2.67. The van der Waals surface area contributed by atoms with Gasteiger partial charge in [0.05, 0.1) is 11.1 Å². The van der Waals surface area contributed by atoms with E-state index < -0.39 is 36.1 Å². The standard InChI is InChI=1S/C21H20F3NO4/c1-20(2,3)15-9-7-13(8-10-15)18(27)25-17(26)12-29-19(28)14-5-4-6-16(11-14)21(22,23)24/h4-11H,12H2,1-3H3,(H,25,26,27). The quantitative estimate of drug-likeness (QED) is 0.774. The van der Waals surface area contributed by atoms with E-state index in [2.05, 4.69) is 10.1 Å². The van der Waals surface area contributed by atoms with Crippen molar-refractivity contribution in [3.05, 3.63) is 70.8 Å². The van der Waals surface area contributed by atoms with Gasteiger partial charge in [0.25, 0.3) is 11.8 Å². The summed E-state index contributed by atoms with van der Waals surface area (Å²) in [4.78, 5) is 35.8. The summed E-state index contributed by atoms with van der Waals surface area (Å²) in [5.41, 5.74) is -0.199. The van der Waals surface area contributed by atoms with Crippen LogP contribution < -0.4 is 5.32 Å². The SMILES string of the molecule is CC(C)(C)c1ccc(C(=O)NC(=O)COC(=O)c2cccc(C(F)(F)F)c2)cc1. The first-order chi connectivity index (χ1) is 13.4. The predicted molar refractivity (Wildman–Crippen MR) is 99.3 cm³/mol. The Bertz CT molecular complexity index is 913. The van der Waals surface area contributed by atoms with E-state index in [0.29, 0.717) is 6.07 Å². The van der Waals surface area contributed by atoms with Crippen LogP contribution in [0.4, 0.5) is 13.2 Å². The average Bonchev–Trinajstić information content (AvgIpc) is 2.65. The first-order valence-electron chi connectivity index (χ1n) is 8.67. The van der Waals surface area contributed by atoms with Crippen LogP contribution in [0.2, 0.25) is 0 Å². The Balaban J connectivity index is 1.92. The van der Waals surface area contributed by atoms with Crippen molar-refractivity contribution in [3.8, 4) is 0 Å². The van der Waals surface area contributed by atoms with E-state index in [-0.39, 0.29) is 16.5 Å². The lowest BCUT2D eigenvalue weighted by atomic mass is 9.87. The minimum absolute atomic E-state index is 0.0948. The highest BCUT2D eigenvalue weighted by Gasteiger charge is 2.31. The van der Waals surface area contributed by atoms with Crippen molar-refractivity contribution in [1.29, 1.82) is 0 Å². The maximum Gasteiger partial charge on any atom is 0.416 e. The van der Waals surface area contributed by atoms with Gasteiger partial charge in [-0.15, -0.1) is 0 Å². The first-order valence-corrected chi connectivity index (χ1v) is 8.67. The van der Waals surface area contributed by atoms with Gasteiger partial charge in [-0.25, -0.2) is 4.79 Å². The molecule has 2 aromatic carbocycles. The Hall–Kier alpha value is -3.16. The van der Waals surface area contributed by atoms with Gasteiger partial charge in [0.15, 0.2) is 6.61 Å². The van der Waals surface area contributed by atoms with Crippen molar-refractivity contribution >= 4 is 17.8 Å². The van der Waals surface area contributed by atoms with Gasteiger partial charge in [-0.2, -0.15) is 13.2 Å². The molecule has 0 spiro atoms. The van der Waals surface area contributed by atoms with E-state index in [1.807, 2.05) is 20.8 Å². The van der Waals surface area contributed by atoms with Crippen LogP contribution in [0, 0.1) is 0 Å². The number of nitrogens with one attached hydrogen (secondary N) is 1. The second kappa shape index (κ2) is 8.46. The topological polar surface area (TPSA) is 72.5 Å². The lowest BCUT2D eigenvalue weighted by molar-refractivity contribution is -0.137. The maximum atomic E-state index is 12.7. The molecule has 154 valence electrons. The lowest BCUT2D eigenvalue weighted by Crippen LogP contribution is -2.34. The molecule has 0 fully saturated rings. The van der Waals surface area contributed by atoms with E-state index >= 15 is 0 Å². The van der Waals surface area contributed by atoms with Crippen molar-refractivity contribution in [2.45, 2.75) is 32.4 Å². The number of imide groups is 1. The Morgan fingerprint density at radius 2 is 1.52 bits per heavy atom. The molecular weight excluding hydrogens is 387 g/mol. The van der Waals surface area contributed by atoms with E-state index in [0.717, 1.165) is 23.8 Å². The minimum Gasteiger partial charge on any atom is -0.452 e. The van der Waals surface area contributed by atoms with Crippen LogP contribution in [0.15, 0.2) is 48.5 Å². The number of alkyl halides is 3. The Morgan fingerprint density at radius 3 is 2.07 bits per heavy atom. The molecule has 2 aromatic rings. The monoisotopic (exact) mass is 407 g/mol. The van der Waals surface area contributed by atoms with Gasteiger partial charge in [-0.1, -0.05) is 39.0 Å². The largest absolute Gasteiger partial charge is 0.452 e. The molecule has 0 saturated carbocycles. The zero-order valence-electron chi connectivity index (χ0n) is 16.1. The molecule has 0 bridgehead atoms. The zero-order valence-corrected chi connectivity index (χ0v) is 16.1. The third-order valence-electron chi connectivity index (χ3n) is 4.03. The number of carbonyl (C=O) groups is 3. The molecule has 0 radical (unpaired) electrons. The number of halogens is 3. The summed E-state index contributed by atoms with van der Waals surface area (Å²) < 4.78 is 42.7. The van der Waals surface area contributed by atoms with Crippen molar-refractivity contribution < 1.29 is 32.3 Å². The number of amides is 2. The molecule has 0 unspecified atom stereocenters. The third-order valence-corrected chi connectivity index (χ3v) is 4.03. The third kappa shape index (κ3) is 6.17. The van der Waals surface area contributed by atoms with Crippen LogP contribution in [0.25, 0.3) is 0 Å². The summed E-state index contributed by atoms with van der Waals surface area (Å²) in [6, 6.07) is 10.3. The maximum absolute atomic E-state index is 12.7. The molecular formula is C21H20F3NO4. The zero-order chi connectivity index (χ0) is 21.8. The average molecular weight is 407 g/mol. The normalized spacial score (nSPS) is 11.7. The fourth-order valence-corrected chi connectivity index (χ4v) is 2.39. The molecule has 0 aromatic heterocycles. The van der Waals surface area contributed by atoms with Gasteiger partial charge in [0.2, 0.25) is 0 Å². The molecule has 2 amide bonds. The number of rotatable bonds is 4. The van der Waals surface area contributed by atoms with Gasteiger partial charge < -0.3 is 4.74 Å². The lowest BCUT2D eigenvalue weighted by Gasteiger charge is -2.19. The van der Waals surface area contributed by atoms with Crippen molar-refractivity contribution in [2.75, 3.05) is 6.61 Å². The number of esters is 1. The Morgan fingerprint density at radius 1 is 0.897 bits per heavy atom. The fourth-order valence-electron chi connectivity index (χ4n) is 2.39. The van der Waals surface area contributed by atoms with Gasteiger partial charge in [0.1, 0.15) is 0 Å². The number of hydrogen-bond acceptors (Lipinski definition) is 4. The number of carbonyl (C=O) groups excluding carboxylic acids is 3. The first kappa shape index (κ1) is 22.1. The molecule has 1 N–H and O–H groups in total. The number of ether oxygens (including phenoxy) is 1. The van der Waals surface area contributed by atoms with Gasteiger partial charge >= 0.3 is 12.1 Å². The van der Waals surface area contributed by atoms with E-state index in [1.165, 1.54) is 0 Å². The van der Waals surface area contributed by atoms with Crippen LogP contribution in [0.3, 0.4) is 0 Å². The highest BCUT2D eigenvalue weighted by molar-refractivity contribution is 6.05. The number of hydrogen-bond donors (Lipinski definition) is 1. The Kier molecular flexibility index (Phi) is 6.46. The summed E-state index contributed by atoms with van der Waals surface area (Å²) in [7, 11) is 0. The highest BCUT2D eigenvalue weighted by atomic mass is 19.4. The molecule has 0 aliphatic carbocycles. The summed E-state index contributed by atoms with van der Waals surface area (Å²) in [6.45, 7) is 5.25. The number of benzene rings is 2. The van der Waals surface area contributed by atoms with Gasteiger partial charge in [0, 0.05) is 5.56 Å². The molecule has 8 heteroatoms. The summed E-state index contributed by atoms with van der Waals surface area (Å²) in [6.07, 6.45) is -4.61. The summed E-state index contributed by atoms with van der Waals surface area (Å²) in [5, 5.41) is 2.06. The van der Waals surface area contributed by atoms with Crippen molar-refractivity contribution in [1.82, 2.24) is 5.32 Å². The highest BCUT2D eigenvalue weighted by Crippen LogP contribution is 2.29. The minimum atomic E-state index is -4.61. The van der Waals surface area contributed by atoms with Gasteiger partial charge in [-0.3, -0.25) is 14.9 Å². The van der Waals surface area contributed by atoms with Crippen molar-refractivity contribution in [2.24, 2.45) is 0 Å². The second-order valence-corrected chi connectivity index (χ2v) is 7.36. The molecule has 29 heavy (non-hydrogen) atoms. The van der Waals surface area contributed by atoms with E-state index in [4.69, 9.17) is 0 Å². The van der Waals surface area contributed by atoms with Crippen LogP contribution in [0.1, 0.15) is 52.6 Å². The van der Waals surface area contributed by atoms with Crippen LogP contribution >= 0.6 is 0 Å². The Labute approximate surface area is 165 Å². The predicted octanol–water partition coefficient (Wildman–Crippen LogP) is 4.12. The molecule has 0 saturated heterocycles. The fraction of sp³-hybridized carbons (Fsp3) is 0.286. The van der Waals surface area contributed by atoms with E-state index in [9.17, 15) is 27.6 Å². The molecule has 0 aliphatic heterocycles. The molecule has 0 atom stereocenters. The molecule has 2 rings (SSSR count). The van der Waals surface area contributed by atoms with Crippen LogP contribution in [-0.4, -0.2) is 24.4 Å². The summed E-state index contributed by atoms with van der Waals surface area (Å²) >= 11 is 0. The van der Waals surface area contributed by atoms with Crippen LogP contribution in [0.5, 0.6) is 0 Å². The van der Waals surface area contributed by atoms with Crippen LogP contribution in [-0.2, 0) is 21.1 Å². The molecule has 0 aliphatic rings. The van der Waals surface area contributed by atoms with Gasteiger partial charge in [-0.05, 0) is 41.3 Å². The van der Waals surface area contributed by atoms with E-state index in [1.54, 1.807) is 24.3 Å². The van der Waals surface area contributed by atoms with Crippen molar-refractivity contribution in [3.63, 3.8) is 0 Å². The smallest absolute Gasteiger partial charge is 0.416 e. The second-order valence-electron chi connectivity index (χ2n) is 7.36.